The molecule has 1 saturated heterocycles. The summed E-state index contributed by atoms with van der Waals surface area (Å²) < 4.78 is 0. The molecule has 1 heterocycles. The fourth-order valence-electron chi connectivity index (χ4n) is 2.16. The molecule has 1 N–H and O–H groups in total. The highest BCUT2D eigenvalue weighted by molar-refractivity contribution is 7.80. The summed E-state index contributed by atoms with van der Waals surface area (Å²) in [6.07, 6.45) is 1.17. The Morgan fingerprint density at radius 3 is 2.72 bits per heavy atom. The van der Waals surface area contributed by atoms with Gasteiger partial charge in [0.15, 0.2) is 5.11 Å². The van der Waals surface area contributed by atoms with Crippen molar-refractivity contribution in [3.8, 4) is 0 Å². The van der Waals surface area contributed by atoms with E-state index in [9.17, 15) is 0 Å². The standard InChI is InChI=1S/C14H21N3S/c1-12-6-3-4-7-13(12)15-14(18)17-9-5-8-16(2)10-11-17/h3-4,6-7H,5,8-11H2,1-2H3,(H,15,18). The van der Waals surface area contributed by atoms with E-state index in [4.69, 9.17) is 12.2 Å². The first-order chi connectivity index (χ1) is 8.66. The third-order valence-electron chi connectivity index (χ3n) is 3.39. The normalized spacial score (nSPS) is 17.3. The predicted octanol–water partition coefficient (Wildman–Crippen LogP) is 2.33. The van der Waals surface area contributed by atoms with Crippen molar-refractivity contribution in [3.63, 3.8) is 0 Å². The van der Waals surface area contributed by atoms with Gasteiger partial charge >= 0.3 is 0 Å². The minimum absolute atomic E-state index is 0.847. The Labute approximate surface area is 115 Å². The Balaban J connectivity index is 1.97. The highest BCUT2D eigenvalue weighted by Crippen LogP contribution is 2.14. The van der Waals surface area contributed by atoms with Gasteiger partial charge in [-0.1, -0.05) is 18.2 Å². The second kappa shape index (κ2) is 6.16. The van der Waals surface area contributed by atoms with Crippen LogP contribution in [0, 0.1) is 6.92 Å². The summed E-state index contributed by atoms with van der Waals surface area (Å²) in [5.74, 6) is 0. The van der Waals surface area contributed by atoms with Crippen LogP contribution in [-0.4, -0.2) is 48.1 Å². The first-order valence-electron chi connectivity index (χ1n) is 6.47. The van der Waals surface area contributed by atoms with Gasteiger partial charge in [0.05, 0.1) is 0 Å². The highest BCUT2D eigenvalue weighted by Gasteiger charge is 2.14. The number of hydrogen-bond acceptors (Lipinski definition) is 2. The third kappa shape index (κ3) is 3.43. The molecular weight excluding hydrogens is 242 g/mol. The monoisotopic (exact) mass is 263 g/mol. The SMILES string of the molecule is Cc1ccccc1NC(=S)N1CCCN(C)CC1. The van der Waals surface area contributed by atoms with Gasteiger partial charge in [0.1, 0.15) is 0 Å². The molecule has 0 bridgehead atoms. The summed E-state index contributed by atoms with van der Waals surface area (Å²) in [6.45, 7) is 6.39. The van der Waals surface area contributed by atoms with Crippen molar-refractivity contribution >= 4 is 23.0 Å². The lowest BCUT2D eigenvalue weighted by Gasteiger charge is -2.24. The van der Waals surface area contributed by atoms with Crippen LogP contribution in [0.15, 0.2) is 24.3 Å². The maximum absolute atomic E-state index is 5.51. The number of para-hydroxylation sites is 1. The lowest BCUT2D eigenvalue weighted by molar-refractivity contribution is 0.347. The van der Waals surface area contributed by atoms with Gasteiger partial charge in [-0.05, 0) is 50.8 Å². The fourth-order valence-corrected chi connectivity index (χ4v) is 2.45. The molecule has 1 aromatic carbocycles. The summed E-state index contributed by atoms with van der Waals surface area (Å²) in [7, 11) is 2.17. The van der Waals surface area contributed by atoms with Crippen LogP contribution in [0.1, 0.15) is 12.0 Å². The van der Waals surface area contributed by atoms with Gasteiger partial charge in [0.2, 0.25) is 0 Å². The van der Waals surface area contributed by atoms with E-state index in [1.807, 2.05) is 12.1 Å². The van der Waals surface area contributed by atoms with Gasteiger partial charge in [-0.2, -0.15) is 0 Å². The molecule has 4 heteroatoms. The fraction of sp³-hybridized carbons (Fsp3) is 0.500. The van der Waals surface area contributed by atoms with Crippen molar-refractivity contribution in [2.75, 3.05) is 38.5 Å². The van der Waals surface area contributed by atoms with Crippen molar-refractivity contribution in [1.82, 2.24) is 9.80 Å². The number of hydrogen-bond donors (Lipinski definition) is 1. The zero-order valence-corrected chi connectivity index (χ0v) is 12.0. The highest BCUT2D eigenvalue weighted by atomic mass is 32.1. The van der Waals surface area contributed by atoms with Crippen molar-refractivity contribution in [3.05, 3.63) is 29.8 Å². The number of nitrogens with zero attached hydrogens (tertiary/aromatic N) is 2. The van der Waals surface area contributed by atoms with E-state index < -0.39 is 0 Å². The molecule has 0 saturated carbocycles. The molecule has 0 radical (unpaired) electrons. The van der Waals surface area contributed by atoms with Crippen LogP contribution >= 0.6 is 12.2 Å². The van der Waals surface area contributed by atoms with Gasteiger partial charge < -0.3 is 15.1 Å². The number of likely N-dealkylation sites (N-methyl/N-ethyl adjacent to an activating group) is 1. The zero-order valence-electron chi connectivity index (χ0n) is 11.1. The summed E-state index contributed by atoms with van der Waals surface area (Å²) >= 11 is 5.51. The van der Waals surface area contributed by atoms with E-state index in [0.29, 0.717) is 0 Å². The number of rotatable bonds is 1. The van der Waals surface area contributed by atoms with Crippen LogP contribution in [-0.2, 0) is 0 Å². The van der Waals surface area contributed by atoms with E-state index in [2.05, 4.69) is 41.2 Å². The quantitative estimate of drug-likeness (QED) is 0.784. The molecule has 1 aliphatic rings. The Bertz CT molecular complexity index is 419. The summed E-state index contributed by atoms with van der Waals surface area (Å²) in [5.41, 5.74) is 2.34. The van der Waals surface area contributed by atoms with E-state index in [-0.39, 0.29) is 0 Å². The first-order valence-corrected chi connectivity index (χ1v) is 6.88. The number of aryl methyl sites for hydroxylation is 1. The molecule has 0 aliphatic carbocycles. The Kier molecular flexibility index (Phi) is 4.55. The molecule has 0 unspecified atom stereocenters. The molecule has 0 atom stereocenters. The van der Waals surface area contributed by atoms with Gasteiger partial charge in [0, 0.05) is 25.3 Å². The van der Waals surface area contributed by atoms with Crippen LogP contribution in [0.3, 0.4) is 0 Å². The van der Waals surface area contributed by atoms with Gasteiger partial charge in [-0.3, -0.25) is 0 Å². The number of nitrogens with one attached hydrogen (secondary N) is 1. The second-order valence-corrected chi connectivity index (χ2v) is 5.28. The van der Waals surface area contributed by atoms with E-state index in [1.165, 1.54) is 12.0 Å². The van der Waals surface area contributed by atoms with E-state index in [0.717, 1.165) is 37.0 Å². The van der Waals surface area contributed by atoms with Gasteiger partial charge in [-0.15, -0.1) is 0 Å². The maximum atomic E-state index is 5.51. The molecule has 0 aromatic heterocycles. The van der Waals surface area contributed by atoms with Crippen LogP contribution < -0.4 is 5.32 Å². The van der Waals surface area contributed by atoms with Crippen LogP contribution in [0.5, 0.6) is 0 Å². The Morgan fingerprint density at radius 2 is 1.94 bits per heavy atom. The molecule has 0 spiro atoms. The second-order valence-electron chi connectivity index (χ2n) is 4.89. The van der Waals surface area contributed by atoms with Gasteiger partial charge in [0.25, 0.3) is 0 Å². The van der Waals surface area contributed by atoms with E-state index in [1.54, 1.807) is 0 Å². The summed E-state index contributed by atoms with van der Waals surface area (Å²) in [6, 6.07) is 8.26. The van der Waals surface area contributed by atoms with Crippen molar-refractivity contribution in [1.29, 1.82) is 0 Å². The van der Waals surface area contributed by atoms with Crippen LogP contribution in [0.4, 0.5) is 5.69 Å². The molecule has 98 valence electrons. The Morgan fingerprint density at radius 1 is 1.17 bits per heavy atom. The average molecular weight is 263 g/mol. The number of anilines is 1. The number of benzene rings is 1. The molecule has 3 nitrogen and oxygen atoms in total. The summed E-state index contributed by atoms with van der Waals surface area (Å²) in [4.78, 5) is 4.63. The number of thiocarbonyl (C=S) groups is 1. The Hall–Kier alpha value is -1.13. The lowest BCUT2D eigenvalue weighted by Crippen LogP contribution is -2.37. The molecule has 0 amide bonds. The van der Waals surface area contributed by atoms with Crippen LogP contribution in [0.2, 0.25) is 0 Å². The molecule has 2 rings (SSSR count). The minimum atomic E-state index is 0.847. The maximum Gasteiger partial charge on any atom is 0.173 e. The van der Waals surface area contributed by atoms with Crippen LogP contribution in [0.25, 0.3) is 0 Å². The molecule has 1 aliphatic heterocycles. The van der Waals surface area contributed by atoms with Crippen molar-refractivity contribution < 1.29 is 0 Å². The smallest absolute Gasteiger partial charge is 0.173 e. The molecule has 18 heavy (non-hydrogen) atoms. The average Bonchev–Trinajstić information content (AvgIpc) is 2.57. The molecule has 1 fully saturated rings. The van der Waals surface area contributed by atoms with Gasteiger partial charge in [-0.25, -0.2) is 0 Å². The molecular formula is C14H21N3S. The largest absolute Gasteiger partial charge is 0.348 e. The summed E-state index contributed by atoms with van der Waals surface area (Å²) in [5, 5.41) is 4.21. The lowest BCUT2D eigenvalue weighted by atomic mass is 10.2. The predicted molar refractivity (Wildman–Crippen MR) is 81.1 cm³/mol. The van der Waals surface area contributed by atoms with E-state index >= 15 is 0 Å². The van der Waals surface area contributed by atoms with Crippen molar-refractivity contribution in [2.45, 2.75) is 13.3 Å². The zero-order chi connectivity index (χ0) is 13.0. The minimum Gasteiger partial charge on any atom is -0.348 e. The molecule has 1 aromatic rings. The van der Waals surface area contributed by atoms with Crippen molar-refractivity contribution in [2.24, 2.45) is 0 Å². The third-order valence-corrected chi connectivity index (χ3v) is 3.75. The topological polar surface area (TPSA) is 18.5 Å². The first kappa shape index (κ1) is 13.3.